The Morgan fingerprint density at radius 2 is 1.87 bits per heavy atom. The van der Waals surface area contributed by atoms with Gasteiger partial charge in [-0.3, -0.25) is 10.1 Å². The number of nitrogens with one attached hydrogen (secondary N) is 1. The van der Waals surface area contributed by atoms with Gasteiger partial charge in [0.1, 0.15) is 5.69 Å². The fourth-order valence-corrected chi connectivity index (χ4v) is 1.99. The summed E-state index contributed by atoms with van der Waals surface area (Å²) in [5.74, 6) is 0.648. The third-order valence-electron chi connectivity index (χ3n) is 3.01. The Kier molecular flexibility index (Phi) is 4.09. The van der Waals surface area contributed by atoms with Crippen LogP contribution in [0.15, 0.2) is 42.9 Å². The fourth-order valence-electron chi connectivity index (χ4n) is 1.99. The average molecular weight is 309 g/mol. The highest BCUT2D eigenvalue weighted by Crippen LogP contribution is 2.20. The van der Waals surface area contributed by atoms with E-state index in [0.717, 1.165) is 5.56 Å². The molecule has 0 spiro atoms. The maximum absolute atomic E-state index is 11.9. The van der Waals surface area contributed by atoms with Crippen LogP contribution in [0, 0.1) is 0 Å². The molecule has 0 saturated heterocycles. The predicted molar refractivity (Wildman–Crippen MR) is 83.4 cm³/mol. The third-order valence-corrected chi connectivity index (χ3v) is 3.01. The van der Waals surface area contributed by atoms with Gasteiger partial charge in [0.15, 0.2) is 11.6 Å². The number of ether oxygens (including phenoxy) is 1. The largest absolute Gasteiger partial charge is 0.458 e. The van der Waals surface area contributed by atoms with Crippen LogP contribution in [0.2, 0.25) is 0 Å². The second kappa shape index (κ2) is 6.35. The number of esters is 1. The van der Waals surface area contributed by atoms with E-state index in [1.165, 1.54) is 6.20 Å². The molecule has 0 aliphatic carbocycles. The zero-order valence-electron chi connectivity index (χ0n) is 12.7. The van der Waals surface area contributed by atoms with E-state index in [4.69, 9.17) is 4.74 Å². The van der Waals surface area contributed by atoms with E-state index < -0.39 is 5.97 Å². The standard InChI is InChI=1S/C16H15N5O2/c1-10(2)23-16(22)13-9-12(5-8-18-13)15-19-14(20-21-15)11-3-6-17-7-4-11/h3-10H,1-2H3,(H,19,20,21). The van der Waals surface area contributed by atoms with E-state index in [2.05, 4.69) is 25.1 Å². The van der Waals surface area contributed by atoms with Crippen LogP contribution in [0.25, 0.3) is 22.8 Å². The Morgan fingerprint density at radius 3 is 2.61 bits per heavy atom. The maximum atomic E-state index is 11.9. The molecule has 0 unspecified atom stereocenters. The lowest BCUT2D eigenvalue weighted by molar-refractivity contribution is 0.0371. The van der Waals surface area contributed by atoms with Gasteiger partial charge >= 0.3 is 5.97 Å². The Morgan fingerprint density at radius 1 is 1.13 bits per heavy atom. The SMILES string of the molecule is CC(C)OC(=O)c1cc(-c2n[nH]c(-c3ccncc3)n2)ccn1. The van der Waals surface area contributed by atoms with Gasteiger partial charge < -0.3 is 4.74 Å². The van der Waals surface area contributed by atoms with Crippen molar-refractivity contribution in [1.29, 1.82) is 0 Å². The number of carbonyl (C=O) groups is 1. The van der Waals surface area contributed by atoms with E-state index in [-0.39, 0.29) is 11.8 Å². The Hall–Kier alpha value is -3.09. The second-order valence-corrected chi connectivity index (χ2v) is 5.13. The van der Waals surface area contributed by atoms with Crippen LogP contribution in [0.1, 0.15) is 24.3 Å². The van der Waals surface area contributed by atoms with Gasteiger partial charge in [-0.15, -0.1) is 0 Å². The minimum Gasteiger partial charge on any atom is -0.458 e. The van der Waals surface area contributed by atoms with Crippen molar-refractivity contribution >= 4 is 5.97 Å². The zero-order chi connectivity index (χ0) is 16.2. The minimum absolute atomic E-state index is 0.199. The summed E-state index contributed by atoms with van der Waals surface area (Å²) in [7, 11) is 0. The molecule has 0 amide bonds. The molecule has 7 heteroatoms. The molecule has 23 heavy (non-hydrogen) atoms. The molecule has 3 aromatic rings. The molecule has 0 bridgehead atoms. The summed E-state index contributed by atoms with van der Waals surface area (Å²) in [6.07, 6.45) is 4.71. The molecule has 116 valence electrons. The normalized spacial score (nSPS) is 10.7. The zero-order valence-corrected chi connectivity index (χ0v) is 12.7. The first-order chi connectivity index (χ1) is 11.1. The molecule has 0 aromatic carbocycles. The first-order valence-corrected chi connectivity index (χ1v) is 7.13. The molecular formula is C16H15N5O2. The van der Waals surface area contributed by atoms with Crippen molar-refractivity contribution in [3.8, 4) is 22.8 Å². The molecule has 0 radical (unpaired) electrons. The van der Waals surface area contributed by atoms with Gasteiger partial charge in [-0.05, 0) is 38.1 Å². The molecule has 0 atom stereocenters. The van der Waals surface area contributed by atoms with E-state index in [0.29, 0.717) is 17.2 Å². The van der Waals surface area contributed by atoms with Crippen molar-refractivity contribution in [3.63, 3.8) is 0 Å². The topological polar surface area (TPSA) is 93.7 Å². The van der Waals surface area contributed by atoms with Gasteiger partial charge in [0.2, 0.25) is 0 Å². The van der Waals surface area contributed by atoms with Gasteiger partial charge in [-0.2, -0.15) is 5.10 Å². The molecule has 0 aliphatic rings. The van der Waals surface area contributed by atoms with Crippen LogP contribution in [0.3, 0.4) is 0 Å². The van der Waals surface area contributed by atoms with Gasteiger partial charge in [0, 0.05) is 29.7 Å². The number of aromatic amines is 1. The molecule has 3 aromatic heterocycles. The molecule has 0 aliphatic heterocycles. The predicted octanol–water partition coefficient (Wildman–Crippen LogP) is 2.49. The Bertz CT molecular complexity index is 814. The smallest absolute Gasteiger partial charge is 0.357 e. The van der Waals surface area contributed by atoms with Crippen molar-refractivity contribution in [1.82, 2.24) is 25.1 Å². The van der Waals surface area contributed by atoms with E-state index in [1.807, 2.05) is 12.1 Å². The quantitative estimate of drug-likeness (QED) is 0.744. The number of hydrogen-bond donors (Lipinski definition) is 1. The fraction of sp³-hybridized carbons (Fsp3) is 0.188. The lowest BCUT2D eigenvalue weighted by atomic mass is 10.2. The number of rotatable bonds is 4. The van der Waals surface area contributed by atoms with Gasteiger partial charge in [-0.1, -0.05) is 0 Å². The first kappa shape index (κ1) is 14.8. The molecule has 7 nitrogen and oxygen atoms in total. The lowest BCUT2D eigenvalue weighted by Crippen LogP contribution is -2.13. The van der Waals surface area contributed by atoms with Crippen LogP contribution in [-0.4, -0.2) is 37.2 Å². The summed E-state index contributed by atoms with van der Waals surface area (Å²) in [4.78, 5) is 24.4. The van der Waals surface area contributed by atoms with E-state index in [1.54, 1.807) is 38.4 Å². The number of H-pyrrole nitrogens is 1. The summed E-state index contributed by atoms with van der Waals surface area (Å²) in [5.41, 5.74) is 1.80. The summed E-state index contributed by atoms with van der Waals surface area (Å²) in [5, 5.41) is 7.06. The number of nitrogens with zero attached hydrogens (tertiary/aromatic N) is 4. The molecular weight excluding hydrogens is 294 g/mol. The average Bonchev–Trinajstić information content (AvgIpc) is 3.05. The van der Waals surface area contributed by atoms with Crippen LogP contribution in [0.4, 0.5) is 0 Å². The monoisotopic (exact) mass is 309 g/mol. The van der Waals surface area contributed by atoms with Gasteiger partial charge in [0.05, 0.1) is 6.10 Å². The summed E-state index contributed by atoms with van der Waals surface area (Å²) in [6, 6.07) is 7.03. The maximum Gasteiger partial charge on any atom is 0.357 e. The third kappa shape index (κ3) is 3.39. The van der Waals surface area contributed by atoms with Crippen LogP contribution < -0.4 is 0 Å². The number of aromatic nitrogens is 5. The van der Waals surface area contributed by atoms with E-state index in [9.17, 15) is 4.79 Å². The highest BCUT2D eigenvalue weighted by Gasteiger charge is 2.14. The summed E-state index contributed by atoms with van der Waals surface area (Å²) >= 11 is 0. The number of carbonyl (C=O) groups excluding carboxylic acids is 1. The van der Waals surface area contributed by atoms with Crippen LogP contribution in [-0.2, 0) is 4.74 Å². The van der Waals surface area contributed by atoms with Crippen LogP contribution in [0.5, 0.6) is 0 Å². The molecule has 0 saturated carbocycles. The van der Waals surface area contributed by atoms with Gasteiger partial charge in [0.25, 0.3) is 0 Å². The highest BCUT2D eigenvalue weighted by atomic mass is 16.5. The van der Waals surface area contributed by atoms with Crippen LogP contribution >= 0.6 is 0 Å². The Labute approximate surface area is 132 Å². The second-order valence-electron chi connectivity index (χ2n) is 5.13. The molecule has 1 N–H and O–H groups in total. The Balaban J connectivity index is 1.88. The molecule has 3 rings (SSSR count). The van der Waals surface area contributed by atoms with Gasteiger partial charge in [-0.25, -0.2) is 14.8 Å². The van der Waals surface area contributed by atoms with E-state index >= 15 is 0 Å². The first-order valence-electron chi connectivity index (χ1n) is 7.13. The van der Waals surface area contributed by atoms with Crippen molar-refractivity contribution in [2.24, 2.45) is 0 Å². The highest BCUT2D eigenvalue weighted by molar-refractivity contribution is 5.88. The summed E-state index contributed by atoms with van der Waals surface area (Å²) < 4.78 is 5.14. The molecule has 0 fully saturated rings. The lowest BCUT2D eigenvalue weighted by Gasteiger charge is -2.07. The van der Waals surface area contributed by atoms with Crippen molar-refractivity contribution < 1.29 is 9.53 Å². The minimum atomic E-state index is -0.466. The molecule has 3 heterocycles. The summed E-state index contributed by atoms with van der Waals surface area (Å²) in [6.45, 7) is 3.58. The van der Waals surface area contributed by atoms with Crippen molar-refractivity contribution in [3.05, 3.63) is 48.5 Å². The van der Waals surface area contributed by atoms with Crippen molar-refractivity contribution in [2.45, 2.75) is 20.0 Å². The number of pyridine rings is 2. The van der Waals surface area contributed by atoms with Crippen molar-refractivity contribution in [2.75, 3.05) is 0 Å². The number of hydrogen-bond acceptors (Lipinski definition) is 6.